The number of carbonyl (C=O) groups is 2. The maximum atomic E-state index is 15.1. The Morgan fingerprint density at radius 3 is 2.43 bits per heavy atom. The zero-order valence-electron chi connectivity index (χ0n) is 20.8. The molecule has 3 fully saturated rings. The number of likely N-dealkylation sites (N-methyl/N-ethyl adjacent to an activating group) is 1. The molecule has 3 aromatic carbocycles. The first-order chi connectivity index (χ1) is 18.1. The summed E-state index contributed by atoms with van der Waals surface area (Å²) in [5.41, 5.74) is 2.64. The van der Waals surface area contributed by atoms with E-state index in [1.807, 2.05) is 72.4 Å². The third-order valence-electron chi connectivity index (χ3n) is 8.76. The fourth-order valence-electron chi connectivity index (χ4n) is 7.61. The molecule has 5 nitrogen and oxygen atoms in total. The molecule has 3 aromatic rings. The first-order valence-electron chi connectivity index (χ1n) is 12.9. The summed E-state index contributed by atoms with van der Waals surface area (Å²) < 4.78 is 0. The van der Waals surface area contributed by atoms with Gasteiger partial charge in [0, 0.05) is 53.5 Å². The normalized spacial score (nSPS) is 32.3. The van der Waals surface area contributed by atoms with Crippen LogP contribution in [-0.4, -0.2) is 59.3 Å². The summed E-state index contributed by atoms with van der Waals surface area (Å²) in [6.45, 7) is 1.09. The van der Waals surface area contributed by atoms with Crippen LogP contribution in [0, 0.1) is 5.41 Å². The largest absolute Gasteiger partial charge is 0.324 e. The summed E-state index contributed by atoms with van der Waals surface area (Å²) in [5.74, 6) is 1.55. The molecule has 4 aliphatic heterocycles. The molecule has 6 heteroatoms. The lowest BCUT2D eigenvalue weighted by Crippen LogP contribution is -2.65. The smallest absolute Gasteiger partial charge is 0.250 e. The summed E-state index contributed by atoms with van der Waals surface area (Å²) in [4.78, 5) is 34.2. The van der Waals surface area contributed by atoms with Crippen molar-refractivity contribution in [3.63, 3.8) is 0 Å². The third kappa shape index (κ3) is 3.00. The number of thioether (sulfide) groups is 1. The Morgan fingerprint density at radius 2 is 1.65 bits per heavy atom. The van der Waals surface area contributed by atoms with Crippen LogP contribution < -0.4 is 5.32 Å². The van der Waals surface area contributed by atoms with Gasteiger partial charge in [-0.2, -0.15) is 0 Å². The van der Waals surface area contributed by atoms with Crippen molar-refractivity contribution in [3.8, 4) is 0 Å². The number of hydrogen-bond acceptors (Lipinski definition) is 5. The minimum absolute atomic E-state index is 0.0673. The molecule has 7 rings (SSSR count). The number of Topliss-reactive ketones (excluding diaryl/α,β-unsaturated/α-hetero) is 1. The zero-order chi connectivity index (χ0) is 25.2. The van der Waals surface area contributed by atoms with Gasteiger partial charge in [0.05, 0.1) is 5.41 Å². The molecule has 1 amide bonds. The monoisotopic (exact) mass is 507 g/mol. The van der Waals surface area contributed by atoms with E-state index in [2.05, 4.69) is 52.5 Å². The molecule has 4 aliphatic rings. The Kier molecular flexibility index (Phi) is 5.22. The molecule has 0 aromatic heterocycles. The van der Waals surface area contributed by atoms with Crippen molar-refractivity contribution in [3.05, 3.63) is 107 Å². The molecular weight excluding hydrogens is 478 g/mol. The molecule has 0 unspecified atom stereocenters. The number of amides is 1. The Morgan fingerprint density at radius 1 is 0.946 bits per heavy atom. The fraction of sp³-hybridized carbons (Fsp3) is 0.290. The zero-order valence-corrected chi connectivity index (χ0v) is 21.6. The van der Waals surface area contributed by atoms with Crippen molar-refractivity contribution in [2.45, 2.75) is 17.5 Å². The van der Waals surface area contributed by atoms with Gasteiger partial charge in [-0.15, -0.1) is 11.8 Å². The topological polar surface area (TPSA) is 52.7 Å². The van der Waals surface area contributed by atoms with Crippen LogP contribution in [0.3, 0.4) is 0 Å². The second-order valence-corrected chi connectivity index (χ2v) is 11.7. The molecule has 0 aliphatic carbocycles. The molecule has 37 heavy (non-hydrogen) atoms. The standard InChI is InChI=1S/C31H29N3O2S/c1-33-17-23(16-21-10-4-2-5-11-21)28(35)30(19-33)27(22-12-6-3-7-13-22)26-18-37-20-34(26)31(30)24-14-8-9-15-25(24)32-29(31)36/h2-16,26-27H,17-20H2,1H3,(H,32,36)/b23-16+/t26-,27-,30-,31-/m0/s1. The van der Waals surface area contributed by atoms with Crippen LogP contribution in [-0.2, 0) is 15.1 Å². The second-order valence-electron chi connectivity index (χ2n) is 10.7. The van der Waals surface area contributed by atoms with Gasteiger partial charge in [-0.25, -0.2) is 0 Å². The van der Waals surface area contributed by atoms with Crippen LogP contribution >= 0.6 is 11.8 Å². The number of nitrogens with zero attached hydrogens (tertiary/aromatic N) is 2. The summed E-state index contributed by atoms with van der Waals surface area (Å²) in [5, 5.41) is 3.21. The third-order valence-corrected chi connectivity index (χ3v) is 9.80. The maximum absolute atomic E-state index is 15.1. The molecule has 2 spiro atoms. The number of fused-ring (bicyclic) bond motifs is 5. The molecule has 4 atom stereocenters. The van der Waals surface area contributed by atoms with Crippen LogP contribution in [0.4, 0.5) is 5.69 Å². The Hall–Kier alpha value is -3.19. The molecule has 4 heterocycles. The van der Waals surface area contributed by atoms with Gasteiger partial charge in [0.25, 0.3) is 5.91 Å². The number of piperidine rings is 1. The lowest BCUT2D eigenvalue weighted by Gasteiger charge is -2.51. The number of likely N-dealkylation sites (tertiary alicyclic amines) is 1. The maximum Gasteiger partial charge on any atom is 0.250 e. The SMILES string of the molecule is CN1C/C(=C\c2ccccc2)C(=O)[C@]2(C1)[C@@H](c1ccccc1)[C@@H]1CSCN1[C@@]21C(=O)Nc2ccccc21. The highest BCUT2D eigenvalue weighted by atomic mass is 32.2. The number of benzene rings is 3. The molecule has 0 bridgehead atoms. The Labute approximate surface area is 221 Å². The van der Waals surface area contributed by atoms with Crippen molar-refractivity contribution in [2.24, 2.45) is 5.41 Å². The van der Waals surface area contributed by atoms with Crippen LogP contribution in [0.5, 0.6) is 0 Å². The first kappa shape index (κ1) is 23.0. The van der Waals surface area contributed by atoms with Crippen molar-refractivity contribution < 1.29 is 9.59 Å². The van der Waals surface area contributed by atoms with Crippen LogP contribution in [0.2, 0.25) is 0 Å². The first-order valence-corrected chi connectivity index (χ1v) is 14.0. The molecule has 3 saturated heterocycles. The molecule has 186 valence electrons. The minimum atomic E-state index is -1.07. The molecule has 1 N–H and O–H groups in total. The quantitative estimate of drug-likeness (QED) is 0.514. The van der Waals surface area contributed by atoms with Crippen molar-refractivity contribution in [1.29, 1.82) is 0 Å². The highest BCUT2D eigenvalue weighted by molar-refractivity contribution is 7.99. The van der Waals surface area contributed by atoms with E-state index in [-0.39, 0.29) is 23.7 Å². The highest BCUT2D eigenvalue weighted by Gasteiger charge is 2.78. The van der Waals surface area contributed by atoms with Gasteiger partial charge < -0.3 is 10.2 Å². The van der Waals surface area contributed by atoms with Crippen LogP contribution in [0.25, 0.3) is 6.08 Å². The molecule has 0 saturated carbocycles. The van der Waals surface area contributed by atoms with Crippen molar-refractivity contribution >= 4 is 35.2 Å². The Balaban J connectivity index is 1.54. The van der Waals surface area contributed by atoms with E-state index in [1.54, 1.807) is 0 Å². The van der Waals surface area contributed by atoms with Crippen molar-refractivity contribution in [1.82, 2.24) is 9.80 Å². The molecular formula is C31H29N3O2S. The van der Waals surface area contributed by atoms with E-state index in [0.717, 1.165) is 39.6 Å². The van der Waals surface area contributed by atoms with E-state index in [1.165, 1.54) is 0 Å². The van der Waals surface area contributed by atoms with Gasteiger partial charge in [-0.1, -0.05) is 78.9 Å². The number of ketones is 1. The van der Waals surface area contributed by atoms with E-state index >= 15 is 4.79 Å². The fourth-order valence-corrected chi connectivity index (χ4v) is 8.91. The van der Waals surface area contributed by atoms with Crippen LogP contribution in [0.15, 0.2) is 90.5 Å². The van der Waals surface area contributed by atoms with Gasteiger partial charge in [0.1, 0.15) is 5.54 Å². The van der Waals surface area contributed by atoms with E-state index in [0.29, 0.717) is 13.1 Å². The molecule has 0 radical (unpaired) electrons. The summed E-state index contributed by atoms with van der Waals surface area (Å²) in [6.07, 6.45) is 2.03. The number of hydrogen-bond donors (Lipinski definition) is 1. The Bertz CT molecular complexity index is 1420. The number of anilines is 1. The average Bonchev–Trinajstić information content (AvgIpc) is 3.56. The summed E-state index contributed by atoms with van der Waals surface area (Å²) >= 11 is 1.86. The van der Waals surface area contributed by atoms with Gasteiger partial charge in [-0.05, 0) is 30.3 Å². The predicted molar refractivity (Wildman–Crippen MR) is 148 cm³/mol. The van der Waals surface area contributed by atoms with Crippen molar-refractivity contribution in [2.75, 3.05) is 37.1 Å². The number of carbonyl (C=O) groups excluding carboxylic acids is 2. The summed E-state index contributed by atoms with van der Waals surface area (Å²) in [6, 6.07) is 28.6. The lowest BCUT2D eigenvalue weighted by atomic mass is 9.55. The lowest BCUT2D eigenvalue weighted by molar-refractivity contribution is -0.146. The minimum Gasteiger partial charge on any atom is -0.324 e. The number of para-hydroxylation sites is 1. The van der Waals surface area contributed by atoms with E-state index in [4.69, 9.17) is 0 Å². The highest BCUT2D eigenvalue weighted by Crippen LogP contribution is 2.68. The van der Waals surface area contributed by atoms with Gasteiger partial charge >= 0.3 is 0 Å². The second kappa shape index (κ2) is 8.42. The predicted octanol–water partition coefficient (Wildman–Crippen LogP) is 4.59. The number of nitrogens with one attached hydrogen (secondary N) is 1. The van der Waals surface area contributed by atoms with Gasteiger partial charge in [0.15, 0.2) is 5.78 Å². The summed E-state index contributed by atoms with van der Waals surface area (Å²) in [7, 11) is 2.08. The van der Waals surface area contributed by atoms with E-state index < -0.39 is 11.0 Å². The number of rotatable bonds is 2. The average molecular weight is 508 g/mol. The van der Waals surface area contributed by atoms with E-state index in [9.17, 15) is 4.79 Å². The van der Waals surface area contributed by atoms with Crippen LogP contribution in [0.1, 0.15) is 22.6 Å². The van der Waals surface area contributed by atoms with Gasteiger partial charge in [0.2, 0.25) is 0 Å². The van der Waals surface area contributed by atoms with Gasteiger partial charge in [-0.3, -0.25) is 14.5 Å².